The van der Waals surface area contributed by atoms with Crippen LogP contribution in [0.25, 0.3) is 0 Å². The topological polar surface area (TPSA) is 37.8 Å². The minimum atomic E-state index is 0.373. The quantitative estimate of drug-likeness (QED) is 0.829. The van der Waals surface area contributed by atoms with Gasteiger partial charge in [-0.25, -0.2) is 0 Å². The van der Waals surface area contributed by atoms with E-state index in [9.17, 15) is 0 Å². The molecule has 0 radical (unpaired) electrons. The zero-order chi connectivity index (χ0) is 12.0. The third-order valence-corrected chi connectivity index (χ3v) is 3.08. The van der Waals surface area contributed by atoms with Gasteiger partial charge in [0, 0.05) is 5.38 Å². The highest BCUT2D eigenvalue weighted by atomic mass is 32.1. The molecule has 0 saturated carbocycles. The van der Waals surface area contributed by atoms with Crippen LogP contribution in [0.2, 0.25) is 0 Å². The zero-order valence-corrected chi connectivity index (χ0v) is 11.6. The number of hydrogen-bond donors (Lipinski definition) is 1. The molecular weight excluding hydrogens is 218 g/mol. The van der Waals surface area contributed by atoms with Gasteiger partial charge in [0.25, 0.3) is 0 Å². The van der Waals surface area contributed by atoms with E-state index in [0.29, 0.717) is 11.5 Å². The van der Waals surface area contributed by atoms with E-state index in [4.69, 9.17) is 0 Å². The highest BCUT2D eigenvalue weighted by Crippen LogP contribution is 2.26. The maximum Gasteiger partial charge on any atom is 0.0924 e. The molecule has 1 aromatic heterocycles. The fraction of sp³-hybridized carbons (Fsp3) is 0.833. The van der Waals surface area contributed by atoms with E-state index in [-0.39, 0.29) is 0 Å². The van der Waals surface area contributed by atoms with Crippen molar-refractivity contribution in [2.24, 2.45) is 5.41 Å². The lowest BCUT2D eigenvalue weighted by atomic mass is 9.88. The first-order valence-corrected chi connectivity index (χ1v) is 6.87. The van der Waals surface area contributed by atoms with Crippen molar-refractivity contribution in [2.45, 2.75) is 53.0 Å². The second-order valence-electron chi connectivity index (χ2n) is 5.44. The molecule has 1 aromatic rings. The van der Waals surface area contributed by atoms with Crippen LogP contribution in [0.5, 0.6) is 0 Å². The van der Waals surface area contributed by atoms with Crippen molar-refractivity contribution < 1.29 is 0 Å². The van der Waals surface area contributed by atoms with Gasteiger partial charge in [0.15, 0.2) is 0 Å². The fourth-order valence-corrected chi connectivity index (χ4v) is 2.08. The second kappa shape index (κ2) is 6.30. The molecule has 0 aliphatic heterocycles. The summed E-state index contributed by atoms with van der Waals surface area (Å²) >= 11 is 1.43. The summed E-state index contributed by atoms with van der Waals surface area (Å²) < 4.78 is 3.95. The number of rotatable bonds is 6. The molecule has 0 amide bonds. The Balaban J connectivity index is 2.51. The van der Waals surface area contributed by atoms with Gasteiger partial charge < -0.3 is 5.32 Å². The van der Waals surface area contributed by atoms with Gasteiger partial charge in [-0.05, 0) is 42.8 Å². The summed E-state index contributed by atoms with van der Waals surface area (Å²) in [7, 11) is 0. The molecule has 4 heteroatoms. The summed E-state index contributed by atoms with van der Waals surface area (Å²) in [6.45, 7) is 10.1. The van der Waals surface area contributed by atoms with E-state index < -0.39 is 0 Å². The first kappa shape index (κ1) is 13.6. The average Bonchev–Trinajstić information content (AvgIpc) is 2.69. The summed E-state index contributed by atoms with van der Waals surface area (Å²) in [4.78, 5) is 0. The Kier molecular flexibility index (Phi) is 5.35. The van der Waals surface area contributed by atoms with Gasteiger partial charge in [-0.3, -0.25) is 0 Å². The van der Waals surface area contributed by atoms with Crippen molar-refractivity contribution in [1.82, 2.24) is 14.9 Å². The summed E-state index contributed by atoms with van der Waals surface area (Å²) in [6.07, 6.45) is 3.49. The van der Waals surface area contributed by atoms with Crippen molar-refractivity contribution in [2.75, 3.05) is 6.54 Å². The van der Waals surface area contributed by atoms with E-state index in [1.54, 1.807) is 0 Å². The van der Waals surface area contributed by atoms with Gasteiger partial charge in [0.05, 0.1) is 11.7 Å². The molecule has 0 bridgehead atoms. The van der Waals surface area contributed by atoms with Gasteiger partial charge in [0.1, 0.15) is 0 Å². The molecular formula is C12H23N3S. The predicted octanol–water partition coefficient (Wildman–Crippen LogP) is 3.41. The Hall–Kier alpha value is -0.480. The molecule has 0 fully saturated rings. The largest absolute Gasteiger partial charge is 0.309 e. The first-order valence-electron chi connectivity index (χ1n) is 6.03. The van der Waals surface area contributed by atoms with Crippen molar-refractivity contribution in [3.05, 3.63) is 11.1 Å². The summed E-state index contributed by atoms with van der Waals surface area (Å²) in [5, 5.41) is 9.78. The highest BCUT2D eigenvalue weighted by molar-refractivity contribution is 7.03. The number of hydrogen-bond acceptors (Lipinski definition) is 4. The van der Waals surface area contributed by atoms with Gasteiger partial charge in [0.2, 0.25) is 0 Å². The van der Waals surface area contributed by atoms with Crippen LogP contribution >= 0.6 is 11.5 Å². The van der Waals surface area contributed by atoms with Crippen molar-refractivity contribution >= 4 is 11.5 Å². The molecule has 0 aromatic carbocycles. The van der Waals surface area contributed by atoms with E-state index in [1.165, 1.54) is 18.0 Å². The highest BCUT2D eigenvalue weighted by Gasteiger charge is 2.17. The molecule has 1 unspecified atom stereocenters. The van der Waals surface area contributed by atoms with Gasteiger partial charge in [-0.1, -0.05) is 32.2 Å². The standard InChI is InChI=1S/C12H23N3S/c1-5-8-13-10(6-7-12(2,3)4)11-9-16-15-14-11/h9-10,13H,5-8H2,1-4H3. The monoisotopic (exact) mass is 241 g/mol. The predicted molar refractivity (Wildman–Crippen MR) is 69.6 cm³/mol. The van der Waals surface area contributed by atoms with E-state index in [2.05, 4.69) is 48.0 Å². The molecule has 0 saturated heterocycles. The molecule has 0 spiro atoms. The lowest BCUT2D eigenvalue weighted by molar-refractivity contribution is 0.330. The summed E-state index contributed by atoms with van der Waals surface area (Å²) in [5.74, 6) is 0. The Bertz CT molecular complexity index is 277. The lowest BCUT2D eigenvalue weighted by Crippen LogP contribution is -2.24. The van der Waals surface area contributed by atoms with Crippen LogP contribution in [-0.4, -0.2) is 16.1 Å². The molecule has 3 nitrogen and oxygen atoms in total. The zero-order valence-electron chi connectivity index (χ0n) is 10.8. The minimum Gasteiger partial charge on any atom is -0.309 e. The molecule has 0 aliphatic rings. The third kappa shape index (κ3) is 5.03. The number of nitrogens with zero attached hydrogens (tertiary/aromatic N) is 2. The number of nitrogens with one attached hydrogen (secondary N) is 1. The summed E-state index contributed by atoms with van der Waals surface area (Å²) in [5.41, 5.74) is 1.48. The van der Waals surface area contributed by atoms with Gasteiger partial charge in [-0.2, -0.15) is 0 Å². The normalized spacial score (nSPS) is 14.0. The average molecular weight is 241 g/mol. The van der Waals surface area contributed by atoms with Crippen LogP contribution in [0, 0.1) is 5.41 Å². The van der Waals surface area contributed by atoms with Crippen molar-refractivity contribution in [3.63, 3.8) is 0 Å². The van der Waals surface area contributed by atoms with E-state index in [1.807, 2.05) is 0 Å². The van der Waals surface area contributed by atoms with Crippen LogP contribution in [0.4, 0.5) is 0 Å². The smallest absolute Gasteiger partial charge is 0.0924 e. The van der Waals surface area contributed by atoms with Gasteiger partial charge >= 0.3 is 0 Å². The Morgan fingerprint density at radius 2 is 2.19 bits per heavy atom. The van der Waals surface area contributed by atoms with Crippen molar-refractivity contribution in [3.8, 4) is 0 Å². The molecule has 0 aliphatic carbocycles. The Labute approximate surface area is 103 Å². The molecule has 1 atom stereocenters. The molecule has 1 heterocycles. The van der Waals surface area contributed by atoms with Crippen LogP contribution in [0.1, 0.15) is 58.7 Å². The molecule has 16 heavy (non-hydrogen) atoms. The lowest BCUT2D eigenvalue weighted by Gasteiger charge is -2.22. The van der Waals surface area contributed by atoms with Crippen LogP contribution in [-0.2, 0) is 0 Å². The summed E-state index contributed by atoms with van der Waals surface area (Å²) in [6, 6.07) is 0.373. The van der Waals surface area contributed by atoms with Crippen LogP contribution < -0.4 is 5.32 Å². The Morgan fingerprint density at radius 1 is 1.44 bits per heavy atom. The van der Waals surface area contributed by atoms with Crippen LogP contribution in [0.15, 0.2) is 5.38 Å². The van der Waals surface area contributed by atoms with E-state index in [0.717, 1.165) is 25.1 Å². The van der Waals surface area contributed by atoms with E-state index >= 15 is 0 Å². The SMILES string of the molecule is CCCNC(CCC(C)(C)C)c1csnn1. The third-order valence-electron chi connectivity index (χ3n) is 2.56. The minimum absolute atomic E-state index is 0.373. The first-order chi connectivity index (χ1) is 7.53. The second-order valence-corrected chi connectivity index (χ2v) is 6.05. The van der Waals surface area contributed by atoms with Crippen LogP contribution in [0.3, 0.4) is 0 Å². The maximum absolute atomic E-state index is 4.18. The molecule has 1 N–H and O–H groups in total. The maximum atomic E-state index is 4.18. The number of aromatic nitrogens is 2. The van der Waals surface area contributed by atoms with Gasteiger partial charge in [-0.15, -0.1) is 5.10 Å². The van der Waals surface area contributed by atoms with Crippen molar-refractivity contribution in [1.29, 1.82) is 0 Å². The molecule has 92 valence electrons. The molecule has 1 rings (SSSR count). The Morgan fingerprint density at radius 3 is 2.69 bits per heavy atom. The fourth-order valence-electron chi connectivity index (χ4n) is 1.57.